The highest BCUT2D eigenvalue weighted by molar-refractivity contribution is 9.10. The SMILES string of the molecule is O=C(COc1ccc(F)cc1Br)NCCc1ncn[nH]1. The summed E-state index contributed by atoms with van der Waals surface area (Å²) in [6.07, 6.45) is 1.97. The summed E-state index contributed by atoms with van der Waals surface area (Å²) in [5.74, 6) is 0.478. The number of amides is 1. The third-order valence-electron chi connectivity index (χ3n) is 2.40. The van der Waals surface area contributed by atoms with E-state index in [0.717, 1.165) is 0 Å². The number of ether oxygens (including phenoxy) is 1. The van der Waals surface area contributed by atoms with E-state index in [1.54, 1.807) is 0 Å². The number of carbonyl (C=O) groups excluding carboxylic acids is 1. The largest absolute Gasteiger partial charge is 0.483 e. The van der Waals surface area contributed by atoms with Gasteiger partial charge in [-0.3, -0.25) is 9.89 Å². The molecule has 0 bridgehead atoms. The molecule has 0 fully saturated rings. The monoisotopic (exact) mass is 342 g/mol. The molecule has 0 aliphatic carbocycles. The van der Waals surface area contributed by atoms with Crippen molar-refractivity contribution in [1.82, 2.24) is 20.5 Å². The Morgan fingerprint density at radius 2 is 2.35 bits per heavy atom. The Kier molecular flexibility index (Phi) is 5.05. The molecule has 1 aromatic heterocycles. The van der Waals surface area contributed by atoms with E-state index in [4.69, 9.17) is 4.74 Å². The maximum Gasteiger partial charge on any atom is 0.257 e. The van der Waals surface area contributed by atoms with Crippen LogP contribution in [0.25, 0.3) is 0 Å². The summed E-state index contributed by atoms with van der Waals surface area (Å²) in [6, 6.07) is 4.00. The van der Waals surface area contributed by atoms with Gasteiger partial charge in [-0.1, -0.05) is 0 Å². The average molecular weight is 343 g/mol. The maximum atomic E-state index is 12.9. The van der Waals surface area contributed by atoms with Crippen molar-refractivity contribution < 1.29 is 13.9 Å². The van der Waals surface area contributed by atoms with Crippen LogP contribution in [0.1, 0.15) is 5.82 Å². The second kappa shape index (κ2) is 6.99. The van der Waals surface area contributed by atoms with Crippen molar-refractivity contribution in [2.24, 2.45) is 0 Å². The third-order valence-corrected chi connectivity index (χ3v) is 3.02. The number of benzene rings is 1. The lowest BCUT2D eigenvalue weighted by Crippen LogP contribution is -2.30. The molecule has 2 rings (SSSR count). The lowest BCUT2D eigenvalue weighted by atomic mass is 10.3. The smallest absolute Gasteiger partial charge is 0.257 e. The number of hydrogen-bond acceptors (Lipinski definition) is 4. The molecule has 1 aromatic carbocycles. The van der Waals surface area contributed by atoms with Gasteiger partial charge in [0.15, 0.2) is 6.61 Å². The van der Waals surface area contributed by atoms with Crippen molar-refractivity contribution in [3.8, 4) is 5.75 Å². The van der Waals surface area contributed by atoms with Gasteiger partial charge in [0, 0.05) is 13.0 Å². The molecule has 2 aromatic rings. The van der Waals surface area contributed by atoms with Gasteiger partial charge in [0.1, 0.15) is 23.7 Å². The van der Waals surface area contributed by atoms with Gasteiger partial charge in [-0.25, -0.2) is 9.37 Å². The van der Waals surface area contributed by atoms with E-state index in [9.17, 15) is 9.18 Å². The molecule has 6 nitrogen and oxygen atoms in total. The van der Waals surface area contributed by atoms with E-state index >= 15 is 0 Å². The molecule has 0 unspecified atom stereocenters. The lowest BCUT2D eigenvalue weighted by Gasteiger charge is -2.08. The fourth-order valence-electron chi connectivity index (χ4n) is 1.46. The number of nitrogens with one attached hydrogen (secondary N) is 2. The van der Waals surface area contributed by atoms with Gasteiger partial charge in [0.25, 0.3) is 5.91 Å². The van der Waals surface area contributed by atoms with Crippen LogP contribution in [0.2, 0.25) is 0 Å². The van der Waals surface area contributed by atoms with E-state index in [1.807, 2.05) is 0 Å². The number of H-pyrrole nitrogens is 1. The van der Waals surface area contributed by atoms with E-state index in [1.165, 1.54) is 24.5 Å². The summed E-state index contributed by atoms with van der Waals surface area (Å²) in [5, 5.41) is 9.08. The minimum absolute atomic E-state index is 0.138. The molecule has 0 aliphatic heterocycles. The summed E-state index contributed by atoms with van der Waals surface area (Å²) in [6.45, 7) is 0.294. The highest BCUT2D eigenvalue weighted by atomic mass is 79.9. The average Bonchev–Trinajstić information content (AvgIpc) is 2.91. The van der Waals surface area contributed by atoms with E-state index in [0.29, 0.717) is 29.0 Å². The van der Waals surface area contributed by atoms with Gasteiger partial charge in [0.2, 0.25) is 0 Å². The zero-order valence-corrected chi connectivity index (χ0v) is 12.0. The van der Waals surface area contributed by atoms with E-state index in [-0.39, 0.29) is 18.3 Å². The van der Waals surface area contributed by atoms with E-state index in [2.05, 4.69) is 36.4 Å². The fraction of sp³-hybridized carbons (Fsp3) is 0.250. The van der Waals surface area contributed by atoms with Crippen LogP contribution in [-0.2, 0) is 11.2 Å². The first-order chi connectivity index (χ1) is 9.65. The summed E-state index contributed by atoms with van der Waals surface area (Å²) in [5.41, 5.74) is 0. The number of carbonyl (C=O) groups is 1. The molecule has 0 radical (unpaired) electrons. The predicted octanol–water partition coefficient (Wildman–Crippen LogP) is 1.44. The zero-order valence-electron chi connectivity index (χ0n) is 10.4. The molecule has 2 N–H and O–H groups in total. The maximum absolute atomic E-state index is 12.9. The summed E-state index contributed by atoms with van der Waals surface area (Å²) in [7, 11) is 0. The summed E-state index contributed by atoms with van der Waals surface area (Å²) in [4.78, 5) is 15.5. The van der Waals surface area contributed by atoms with Gasteiger partial charge < -0.3 is 10.1 Å². The number of aromatic amines is 1. The molecule has 0 atom stereocenters. The standard InChI is InChI=1S/C12H12BrFN4O2/c13-9-5-8(14)1-2-10(9)20-6-12(19)15-4-3-11-16-7-17-18-11/h1-2,5,7H,3-4,6H2,(H,15,19)(H,16,17,18). The number of aromatic nitrogens is 3. The summed E-state index contributed by atoms with van der Waals surface area (Å²) < 4.78 is 18.6. The highest BCUT2D eigenvalue weighted by Crippen LogP contribution is 2.25. The predicted molar refractivity (Wildman–Crippen MR) is 72.7 cm³/mol. The van der Waals surface area contributed by atoms with Crippen molar-refractivity contribution in [1.29, 1.82) is 0 Å². The number of halogens is 2. The van der Waals surface area contributed by atoms with Crippen LogP contribution in [0.4, 0.5) is 4.39 Å². The number of nitrogens with zero attached hydrogens (tertiary/aromatic N) is 2. The minimum Gasteiger partial charge on any atom is -0.483 e. The van der Waals surface area contributed by atoms with Gasteiger partial charge in [-0.05, 0) is 34.1 Å². The molecule has 1 amide bonds. The second-order valence-corrected chi connectivity index (χ2v) is 4.75. The van der Waals surface area contributed by atoms with Crippen LogP contribution in [0.3, 0.4) is 0 Å². The normalized spacial score (nSPS) is 10.3. The topological polar surface area (TPSA) is 79.9 Å². The molecule has 20 heavy (non-hydrogen) atoms. The Bertz CT molecular complexity index is 577. The summed E-state index contributed by atoms with van der Waals surface area (Å²) >= 11 is 3.16. The Hall–Kier alpha value is -1.96. The van der Waals surface area contributed by atoms with Gasteiger partial charge >= 0.3 is 0 Å². The first kappa shape index (κ1) is 14.4. The molecule has 0 aliphatic rings. The molecule has 0 saturated heterocycles. The quantitative estimate of drug-likeness (QED) is 0.832. The van der Waals surface area contributed by atoms with Crippen LogP contribution >= 0.6 is 15.9 Å². The van der Waals surface area contributed by atoms with Crippen LogP contribution in [0, 0.1) is 5.82 Å². The molecule has 8 heteroatoms. The fourth-order valence-corrected chi connectivity index (χ4v) is 1.92. The first-order valence-electron chi connectivity index (χ1n) is 5.84. The minimum atomic E-state index is -0.374. The molecule has 0 saturated carbocycles. The molecule has 1 heterocycles. The van der Waals surface area contributed by atoms with Gasteiger partial charge in [-0.15, -0.1) is 0 Å². The van der Waals surface area contributed by atoms with Crippen molar-refractivity contribution in [3.63, 3.8) is 0 Å². The Morgan fingerprint density at radius 3 is 3.05 bits per heavy atom. The van der Waals surface area contributed by atoms with Crippen LogP contribution in [0.5, 0.6) is 5.75 Å². The van der Waals surface area contributed by atoms with Gasteiger partial charge in [0.05, 0.1) is 4.47 Å². The van der Waals surface area contributed by atoms with Crippen LogP contribution < -0.4 is 10.1 Å². The Morgan fingerprint density at radius 1 is 1.50 bits per heavy atom. The molecule has 106 valence electrons. The molecular formula is C12H12BrFN4O2. The second-order valence-electron chi connectivity index (χ2n) is 3.90. The van der Waals surface area contributed by atoms with E-state index < -0.39 is 0 Å². The van der Waals surface area contributed by atoms with Crippen molar-refractivity contribution in [2.75, 3.05) is 13.2 Å². The Balaban J connectivity index is 1.72. The van der Waals surface area contributed by atoms with Crippen molar-refractivity contribution >= 4 is 21.8 Å². The molecular weight excluding hydrogens is 331 g/mol. The number of rotatable bonds is 6. The molecule has 0 spiro atoms. The van der Waals surface area contributed by atoms with Crippen molar-refractivity contribution in [3.05, 3.63) is 40.6 Å². The first-order valence-corrected chi connectivity index (χ1v) is 6.63. The number of hydrogen-bond donors (Lipinski definition) is 2. The van der Waals surface area contributed by atoms with Crippen molar-refractivity contribution in [2.45, 2.75) is 6.42 Å². The zero-order chi connectivity index (χ0) is 14.4. The lowest BCUT2D eigenvalue weighted by molar-refractivity contribution is -0.123. The third kappa shape index (κ3) is 4.30. The highest BCUT2D eigenvalue weighted by Gasteiger charge is 2.06. The Labute approximate surface area is 122 Å². The van der Waals surface area contributed by atoms with Crippen LogP contribution in [0.15, 0.2) is 29.0 Å². The van der Waals surface area contributed by atoms with Gasteiger partial charge in [-0.2, -0.15) is 5.10 Å². The van der Waals surface area contributed by atoms with Crippen LogP contribution in [-0.4, -0.2) is 34.2 Å².